The van der Waals surface area contributed by atoms with Crippen LogP contribution in [-0.2, 0) is 6.54 Å². The molecule has 3 heterocycles. The Kier molecular flexibility index (Phi) is 3.95. The molecule has 0 radical (unpaired) electrons. The molecule has 0 spiro atoms. The Morgan fingerprint density at radius 3 is 2.58 bits per heavy atom. The maximum atomic E-state index is 10.7. The summed E-state index contributed by atoms with van der Waals surface area (Å²) in [5.41, 5.74) is 0.924. The molecule has 0 aliphatic carbocycles. The zero-order valence-electron chi connectivity index (χ0n) is 13.0. The largest absolute Gasteiger partial charge is 0.296 e. The second-order valence-electron chi connectivity index (χ2n) is 5.86. The van der Waals surface area contributed by atoms with Crippen molar-refractivity contribution in [3.8, 4) is 10.6 Å². The number of likely N-dealkylation sites (tertiary alicyclic amines) is 1. The van der Waals surface area contributed by atoms with Crippen LogP contribution in [-0.4, -0.2) is 42.7 Å². The van der Waals surface area contributed by atoms with Gasteiger partial charge >= 0.3 is 0 Å². The van der Waals surface area contributed by atoms with E-state index in [1.807, 2.05) is 0 Å². The van der Waals surface area contributed by atoms with E-state index in [-0.39, 0.29) is 5.69 Å². The topological polar surface area (TPSA) is 89.5 Å². The minimum absolute atomic E-state index is 0.0764. The predicted octanol–water partition coefficient (Wildman–Crippen LogP) is 2.75. The second kappa shape index (κ2) is 6.25. The predicted molar refractivity (Wildman–Crippen MR) is 89.9 cm³/mol. The van der Waals surface area contributed by atoms with Crippen LogP contribution in [0.25, 0.3) is 15.5 Å². The number of rotatable bonds is 4. The fourth-order valence-electron chi connectivity index (χ4n) is 2.92. The lowest BCUT2D eigenvalue weighted by Gasteiger charge is -2.25. The Labute approximate surface area is 141 Å². The average molecular weight is 344 g/mol. The molecule has 9 heteroatoms. The van der Waals surface area contributed by atoms with E-state index in [1.165, 1.54) is 42.7 Å². The molecule has 1 aromatic carbocycles. The lowest BCUT2D eigenvalue weighted by Crippen LogP contribution is -2.30. The van der Waals surface area contributed by atoms with Crippen molar-refractivity contribution in [2.75, 3.05) is 13.1 Å². The Balaban J connectivity index is 1.60. The van der Waals surface area contributed by atoms with Gasteiger partial charge in [0.25, 0.3) is 5.69 Å². The number of aromatic nitrogens is 4. The van der Waals surface area contributed by atoms with E-state index in [0.717, 1.165) is 41.0 Å². The summed E-state index contributed by atoms with van der Waals surface area (Å²) in [7, 11) is 0. The molecule has 0 amide bonds. The Morgan fingerprint density at radius 1 is 1.12 bits per heavy atom. The number of hydrogen-bond acceptors (Lipinski definition) is 7. The van der Waals surface area contributed by atoms with Crippen LogP contribution in [0.2, 0.25) is 0 Å². The smallest absolute Gasteiger partial charge is 0.269 e. The molecular weight excluding hydrogens is 328 g/mol. The summed E-state index contributed by atoms with van der Waals surface area (Å²) >= 11 is 1.44. The van der Waals surface area contributed by atoms with Gasteiger partial charge in [0, 0.05) is 17.7 Å². The summed E-state index contributed by atoms with van der Waals surface area (Å²) in [6.45, 7) is 2.94. The second-order valence-corrected chi connectivity index (χ2v) is 6.81. The van der Waals surface area contributed by atoms with Crippen molar-refractivity contribution in [3.05, 3.63) is 40.2 Å². The Hall–Kier alpha value is -2.39. The lowest BCUT2D eigenvalue weighted by molar-refractivity contribution is -0.384. The highest BCUT2D eigenvalue weighted by atomic mass is 32.1. The molecule has 1 fully saturated rings. The van der Waals surface area contributed by atoms with Gasteiger partial charge in [-0.05, 0) is 38.1 Å². The van der Waals surface area contributed by atoms with Crippen molar-refractivity contribution in [2.45, 2.75) is 25.8 Å². The number of nitro benzene ring substituents is 1. The Bertz CT molecular complexity index is 866. The molecule has 0 atom stereocenters. The third-order valence-corrected chi connectivity index (χ3v) is 5.14. The molecule has 0 N–H and O–H groups in total. The molecule has 1 aliphatic heterocycles. The molecule has 8 nitrogen and oxygen atoms in total. The van der Waals surface area contributed by atoms with Gasteiger partial charge in [0.15, 0.2) is 5.82 Å². The first-order valence-electron chi connectivity index (χ1n) is 7.89. The highest BCUT2D eigenvalue weighted by Crippen LogP contribution is 2.27. The van der Waals surface area contributed by atoms with E-state index in [1.54, 1.807) is 16.6 Å². The first kappa shape index (κ1) is 15.2. The number of non-ortho nitro benzene ring substituents is 1. The molecule has 0 unspecified atom stereocenters. The molecule has 1 saturated heterocycles. The van der Waals surface area contributed by atoms with Crippen LogP contribution in [0.5, 0.6) is 0 Å². The minimum Gasteiger partial charge on any atom is -0.296 e. The molecule has 1 aliphatic rings. The van der Waals surface area contributed by atoms with Crippen LogP contribution in [0.4, 0.5) is 5.69 Å². The average Bonchev–Trinajstić information content (AvgIpc) is 3.18. The van der Waals surface area contributed by atoms with Crippen molar-refractivity contribution in [3.63, 3.8) is 0 Å². The monoisotopic (exact) mass is 344 g/mol. The van der Waals surface area contributed by atoms with Crippen LogP contribution in [0.15, 0.2) is 24.3 Å². The van der Waals surface area contributed by atoms with Gasteiger partial charge in [0.2, 0.25) is 4.96 Å². The molecule has 0 saturated carbocycles. The maximum absolute atomic E-state index is 10.7. The molecule has 4 rings (SSSR count). The normalized spacial score (nSPS) is 15.8. The van der Waals surface area contributed by atoms with Crippen LogP contribution >= 0.6 is 11.3 Å². The third kappa shape index (κ3) is 2.87. The summed E-state index contributed by atoms with van der Waals surface area (Å²) in [6, 6.07) is 6.42. The maximum Gasteiger partial charge on any atom is 0.269 e. The highest BCUT2D eigenvalue weighted by molar-refractivity contribution is 7.19. The van der Waals surface area contributed by atoms with E-state index in [9.17, 15) is 10.1 Å². The van der Waals surface area contributed by atoms with Crippen molar-refractivity contribution >= 4 is 22.0 Å². The van der Waals surface area contributed by atoms with Crippen molar-refractivity contribution < 1.29 is 4.92 Å². The van der Waals surface area contributed by atoms with Gasteiger partial charge in [0.1, 0.15) is 5.01 Å². The number of benzene rings is 1. The zero-order valence-corrected chi connectivity index (χ0v) is 13.8. The van der Waals surface area contributed by atoms with E-state index >= 15 is 0 Å². The molecular formula is C15H16N6O2S. The fourth-order valence-corrected chi connectivity index (χ4v) is 3.78. The van der Waals surface area contributed by atoms with Gasteiger partial charge in [-0.1, -0.05) is 17.8 Å². The van der Waals surface area contributed by atoms with Crippen LogP contribution in [0, 0.1) is 10.1 Å². The summed E-state index contributed by atoms with van der Waals surface area (Å²) in [6.07, 6.45) is 3.76. The zero-order chi connectivity index (χ0) is 16.5. The number of piperidine rings is 1. The quantitative estimate of drug-likeness (QED) is 0.534. The van der Waals surface area contributed by atoms with Crippen molar-refractivity contribution in [1.82, 2.24) is 24.7 Å². The van der Waals surface area contributed by atoms with E-state index in [0.29, 0.717) is 0 Å². The number of nitrogens with zero attached hydrogens (tertiary/aromatic N) is 6. The molecule has 2 aromatic heterocycles. The van der Waals surface area contributed by atoms with Gasteiger partial charge in [-0.15, -0.1) is 10.2 Å². The minimum atomic E-state index is -0.404. The molecule has 0 bridgehead atoms. The number of hydrogen-bond donors (Lipinski definition) is 0. The standard InChI is InChI=1S/C15H16N6O2S/c22-21(23)12-6-4-11(5-7-12)14-18-20-13(16-17-15(20)24-14)10-19-8-2-1-3-9-19/h4-7H,1-3,8-10H2. The third-order valence-electron chi connectivity index (χ3n) is 4.19. The van der Waals surface area contributed by atoms with Gasteiger partial charge in [-0.2, -0.15) is 9.61 Å². The molecule has 124 valence electrons. The van der Waals surface area contributed by atoms with Gasteiger partial charge in [-0.25, -0.2) is 0 Å². The number of fused-ring (bicyclic) bond motifs is 1. The summed E-state index contributed by atoms with van der Waals surface area (Å²) < 4.78 is 1.79. The lowest BCUT2D eigenvalue weighted by atomic mass is 10.1. The van der Waals surface area contributed by atoms with Crippen molar-refractivity contribution in [1.29, 1.82) is 0 Å². The number of nitro groups is 1. The van der Waals surface area contributed by atoms with Gasteiger partial charge in [0.05, 0.1) is 11.5 Å². The summed E-state index contributed by atoms with van der Waals surface area (Å²) in [5.74, 6) is 0.844. The van der Waals surface area contributed by atoms with Crippen LogP contribution in [0.3, 0.4) is 0 Å². The van der Waals surface area contributed by atoms with Gasteiger partial charge < -0.3 is 0 Å². The fraction of sp³-hybridized carbons (Fsp3) is 0.400. The summed E-state index contributed by atoms with van der Waals surface area (Å²) in [4.78, 5) is 13.5. The first-order valence-corrected chi connectivity index (χ1v) is 8.71. The van der Waals surface area contributed by atoms with E-state index in [4.69, 9.17) is 0 Å². The van der Waals surface area contributed by atoms with Crippen LogP contribution < -0.4 is 0 Å². The van der Waals surface area contributed by atoms with E-state index in [2.05, 4.69) is 20.2 Å². The molecule has 24 heavy (non-hydrogen) atoms. The van der Waals surface area contributed by atoms with Gasteiger partial charge in [-0.3, -0.25) is 15.0 Å². The highest BCUT2D eigenvalue weighted by Gasteiger charge is 2.17. The van der Waals surface area contributed by atoms with E-state index < -0.39 is 4.92 Å². The first-order chi connectivity index (χ1) is 11.7. The molecule has 3 aromatic rings. The summed E-state index contributed by atoms with van der Waals surface area (Å²) in [5, 5.41) is 24.6. The Morgan fingerprint density at radius 2 is 1.88 bits per heavy atom. The van der Waals surface area contributed by atoms with Crippen LogP contribution in [0.1, 0.15) is 25.1 Å². The SMILES string of the molecule is O=[N+]([O-])c1ccc(-c2nn3c(CN4CCCCC4)nnc3s2)cc1. The van der Waals surface area contributed by atoms with Crippen molar-refractivity contribution in [2.24, 2.45) is 0 Å².